The van der Waals surface area contributed by atoms with E-state index in [4.69, 9.17) is 14.2 Å². The Morgan fingerprint density at radius 2 is 1.69 bits per heavy atom. The van der Waals surface area contributed by atoms with E-state index in [1.54, 1.807) is 14.2 Å². The summed E-state index contributed by atoms with van der Waals surface area (Å²) in [5.74, 6) is 2.31. The van der Waals surface area contributed by atoms with Gasteiger partial charge in [0.2, 0.25) is 0 Å². The van der Waals surface area contributed by atoms with Gasteiger partial charge in [-0.1, -0.05) is 24.3 Å². The Kier molecular flexibility index (Phi) is 8.60. The second-order valence-electron chi connectivity index (χ2n) is 7.68. The molecule has 2 N–H and O–H groups in total. The molecule has 1 aliphatic rings. The highest BCUT2D eigenvalue weighted by molar-refractivity contribution is 5.78. The number of amides is 3. The number of ether oxygens (including phenoxy) is 3. The monoisotopic (exact) mass is 441 g/mol. The third-order valence-corrected chi connectivity index (χ3v) is 5.53. The van der Waals surface area contributed by atoms with Crippen LogP contribution < -0.4 is 24.8 Å². The highest BCUT2D eigenvalue weighted by Gasteiger charge is 2.23. The number of hydrogen-bond donors (Lipinski definition) is 2. The van der Waals surface area contributed by atoms with Crippen LogP contribution in [0.25, 0.3) is 0 Å². The van der Waals surface area contributed by atoms with Gasteiger partial charge in [0.1, 0.15) is 5.75 Å². The van der Waals surface area contributed by atoms with Crippen LogP contribution in [0.2, 0.25) is 0 Å². The van der Waals surface area contributed by atoms with Gasteiger partial charge in [0.25, 0.3) is 5.91 Å². The lowest BCUT2D eigenvalue weighted by Gasteiger charge is -2.32. The van der Waals surface area contributed by atoms with Crippen molar-refractivity contribution in [3.8, 4) is 17.2 Å². The quantitative estimate of drug-likeness (QED) is 0.625. The molecule has 1 heterocycles. The summed E-state index contributed by atoms with van der Waals surface area (Å²) in [6.45, 7) is 2.37. The topological polar surface area (TPSA) is 89.1 Å². The maximum Gasteiger partial charge on any atom is 0.315 e. The number of piperidine rings is 1. The van der Waals surface area contributed by atoms with Crippen LogP contribution in [0.3, 0.4) is 0 Å². The van der Waals surface area contributed by atoms with Crippen molar-refractivity contribution in [1.82, 2.24) is 15.5 Å². The second-order valence-corrected chi connectivity index (χ2v) is 7.68. The molecule has 0 saturated carbocycles. The van der Waals surface area contributed by atoms with Crippen molar-refractivity contribution < 1.29 is 23.8 Å². The summed E-state index contributed by atoms with van der Waals surface area (Å²) in [6.07, 6.45) is 1.71. The number of rotatable bonds is 9. The Labute approximate surface area is 188 Å². The molecular weight excluding hydrogens is 410 g/mol. The molecule has 8 heteroatoms. The Morgan fingerprint density at radius 1 is 0.969 bits per heavy atom. The number of urea groups is 1. The molecule has 0 aliphatic carbocycles. The van der Waals surface area contributed by atoms with Crippen LogP contribution in [-0.4, -0.2) is 57.3 Å². The molecule has 0 spiro atoms. The average Bonchev–Trinajstić information content (AvgIpc) is 2.85. The second kappa shape index (κ2) is 11.8. The van der Waals surface area contributed by atoms with Crippen LogP contribution in [0, 0.1) is 5.92 Å². The largest absolute Gasteiger partial charge is 0.493 e. The predicted molar refractivity (Wildman–Crippen MR) is 121 cm³/mol. The fourth-order valence-corrected chi connectivity index (χ4v) is 3.61. The maximum atomic E-state index is 12.4. The minimum absolute atomic E-state index is 0.00655. The summed E-state index contributed by atoms with van der Waals surface area (Å²) >= 11 is 0. The lowest BCUT2D eigenvalue weighted by atomic mass is 9.97. The van der Waals surface area contributed by atoms with Crippen LogP contribution in [0.4, 0.5) is 4.79 Å². The molecule has 172 valence electrons. The molecule has 2 aromatic rings. The molecular formula is C24H31N3O5. The van der Waals surface area contributed by atoms with E-state index in [0.717, 1.165) is 18.4 Å². The van der Waals surface area contributed by atoms with Crippen molar-refractivity contribution in [1.29, 1.82) is 0 Å². The lowest BCUT2D eigenvalue weighted by Crippen LogP contribution is -2.44. The van der Waals surface area contributed by atoms with Gasteiger partial charge in [-0.3, -0.25) is 4.79 Å². The van der Waals surface area contributed by atoms with Crippen molar-refractivity contribution in [3.05, 3.63) is 54.1 Å². The van der Waals surface area contributed by atoms with Gasteiger partial charge in [-0.05, 0) is 48.6 Å². The van der Waals surface area contributed by atoms with E-state index in [1.807, 2.05) is 53.4 Å². The van der Waals surface area contributed by atoms with Gasteiger partial charge < -0.3 is 29.7 Å². The van der Waals surface area contributed by atoms with Crippen molar-refractivity contribution in [2.45, 2.75) is 19.4 Å². The third kappa shape index (κ3) is 6.80. The first kappa shape index (κ1) is 23.2. The summed E-state index contributed by atoms with van der Waals surface area (Å²) in [5.41, 5.74) is 0.919. The number of nitrogens with zero attached hydrogens (tertiary/aromatic N) is 1. The molecule has 3 amide bonds. The molecule has 32 heavy (non-hydrogen) atoms. The zero-order chi connectivity index (χ0) is 22.8. The first-order valence-corrected chi connectivity index (χ1v) is 10.8. The Hall–Kier alpha value is -3.42. The number of carbonyl (C=O) groups is 2. The number of hydrogen-bond acceptors (Lipinski definition) is 5. The van der Waals surface area contributed by atoms with E-state index in [9.17, 15) is 9.59 Å². The zero-order valence-electron chi connectivity index (χ0n) is 18.6. The Balaban J connectivity index is 1.33. The zero-order valence-corrected chi connectivity index (χ0v) is 18.6. The van der Waals surface area contributed by atoms with Gasteiger partial charge >= 0.3 is 6.03 Å². The van der Waals surface area contributed by atoms with E-state index in [2.05, 4.69) is 10.6 Å². The van der Waals surface area contributed by atoms with E-state index >= 15 is 0 Å². The van der Waals surface area contributed by atoms with Crippen LogP contribution in [-0.2, 0) is 11.3 Å². The van der Waals surface area contributed by atoms with Gasteiger partial charge in [0, 0.05) is 26.2 Å². The maximum absolute atomic E-state index is 12.4. The number of nitrogens with one attached hydrogen (secondary N) is 2. The van der Waals surface area contributed by atoms with Crippen LogP contribution >= 0.6 is 0 Å². The molecule has 0 bridgehead atoms. The minimum atomic E-state index is -0.213. The van der Waals surface area contributed by atoms with Gasteiger partial charge in [0.05, 0.1) is 14.2 Å². The average molecular weight is 442 g/mol. The van der Waals surface area contributed by atoms with Gasteiger partial charge in [-0.2, -0.15) is 0 Å². The molecule has 1 fully saturated rings. The van der Waals surface area contributed by atoms with Crippen molar-refractivity contribution in [2.24, 2.45) is 5.92 Å². The van der Waals surface area contributed by atoms with Gasteiger partial charge in [-0.25, -0.2) is 4.79 Å². The lowest BCUT2D eigenvalue weighted by molar-refractivity contribution is -0.134. The summed E-state index contributed by atoms with van der Waals surface area (Å²) < 4.78 is 16.1. The third-order valence-electron chi connectivity index (χ3n) is 5.53. The fraction of sp³-hybridized carbons (Fsp3) is 0.417. The van der Waals surface area contributed by atoms with Gasteiger partial charge in [0.15, 0.2) is 18.1 Å². The molecule has 8 nitrogen and oxygen atoms in total. The van der Waals surface area contributed by atoms with Crippen LogP contribution in [0.5, 0.6) is 17.2 Å². The first-order valence-electron chi connectivity index (χ1n) is 10.8. The molecule has 0 radical (unpaired) electrons. The standard InChI is InChI=1S/C24H31N3O5/c1-30-21-9-8-19(14-22(21)31-2)16-26-24(29)25-15-18-10-12-27(13-11-18)23(28)17-32-20-6-4-3-5-7-20/h3-9,14,18H,10-13,15-17H2,1-2H3,(H2,25,26,29). The molecule has 0 aromatic heterocycles. The van der Waals surface area contributed by atoms with E-state index in [-0.39, 0.29) is 18.5 Å². The summed E-state index contributed by atoms with van der Waals surface area (Å²) in [4.78, 5) is 26.4. The minimum Gasteiger partial charge on any atom is -0.493 e. The Morgan fingerprint density at radius 3 is 2.38 bits per heavy atom. The van der Waals surface area contributed by atoms with Crippen molar-refractivity contribution in [2.75, 3.05) is 40.5 Å². The fourth-order valence-electron chi connectivity index (χ4n) is 3.61. The van der Waals surface area contributed by atoms with E-state index in [0.29, 0.717) is 49.3 Å². The number of carbonyl (C=O) groups excluding carboxylic acids is 2. The number of benzene rings is 2. The smallest absolute Gasteiger partial charge is 0.315 e. The highest BCUT2D eigenvalue weighted by atomic mass is 16.5. The molecule has 2 aromatic carbocycles. The SMILES string of the molecule is COc1ccc(CNC(=O)NCC2CCN(C(=O)COc3ccccc3)CC2)cc1OC. The molecule has 1 saturated heterocycles. The normalized spacial score (nSPS) is 13.9. The molecule has 0 unspecified atom stereocenters. The van der Waals surface area contributed by atoms with E-state index in [1.165, 1.54) is 0 Å². The number of likely N-dealkylation sites (tertiary alicyclic amines) is 1. The van der Waals surface area contributed by atoms with Crippen molar-refractivity contribution >= 4 is 11.9 Å². The molecule has 0 atom stereocenters. The molecule has 1 aliphatic heterocycles. The van der Waals surface area contributed by atoms with E-state index < -0.39 is 0 Å². The predicted octanol–water partition coefficient (Wildman–Crippen LogP) is 2.82. The van der Waals surface area contributed by atoms with Crippen LogP contribution in [0.1, 0.15) is 18.4 Å². The number of methoxy groups -OCH3 is 2. The number of para-hydroxylation sites is 1. The highest BCUT2D eigenvalue weighted by Crippen LogP contribution is 2.27. The van der Waals surface area contributed by atoms with Crippen LogP contribution in [0.15, 0.2) is 48.5 Å². The summed E-state index contributed by atoms with van der Waals surface area (Å²) in [6, 6.07) is 14.7. The molecule has 3 rings (SSSR count). The summed E-state index contributed by atoms with van der Waals surface area (Å²) in [7, 11) is 3.17. The first-order chi connectivity index (χ1) is 15.6. The van der Waals surface area contributed by atoms with Crippen molar-refractivity contribution in [3.63, 3.8) is 0 Å². The summed E-state index contributed by atoms with van der Waals surface area (Å²) in [5, 5.41) is 5.79. The van der Waals surface area contributed by atoms with Gasteiger partial charge in [-0.15, -0.1) is 0 Å². The Bertz CT molecular complexity index is 882.